The summed E-state index contributed by atoms with van der Waals surface area (Å²) < 4.78 is 95.6. The Morgan fingerprint density at radius 1 is 0.955 bits per heavy atom. The smallest absolute Gasteiger partial charge is 0.396 e. The number of alkyl halides is 6. The number of likely N-dealkylation sites (N-methyl/N-ethyl adjacent to an activating group) is 1. The van der Waals surface area contributed by atoms with Crippen molar-refractivity contribution < 1.29 is 45.4 Å². The first-order valence-electron chi connectivity index (χ1n) is 13.5. The van der Waals surface area contributed by atoms with Gasteiger partial charge in [-0.3, -0.25) is 14.6 Å². The highest BCUT2D eigenvalue weighted by Crippen LogP contribution is 2.42. The van der Waals surface area contributed by atoms with Crippen LogP contribution < -0.4 is 10.2 Å². The maximum atomic E-state index is 14.0. The number of carbonyl (C=O) groups is 2. The Balaban J connectivity index is 1.86. The molecule has 2 heterocycles. The van der Waals surface area contributed by atoms with Gasteiger partial charge in [0, 0.05) is 30.3 Å². The van der Waals surface area contributed by atoms with Crippen LogP contribution in [0.25, 0.3) is 11.1 Å². The van der Waals surface area contributed by atoms with Crippen molar-refractivity contribution in [3.05, 3.63) is 82.4 Å². The number of hydrogen-bond acceptors (Lipinski definition) is 4. The number of hydrogen-bond donors (Lipinski definition) is 2. The lowest BCUT2D eigenvalue weighted by atomic mass is 9.81. The van der Waals surface area contributed by atoms with Crippen LogP contribution in [-0.4, -0.2) is 41.6 Å². The van der Waals surface area contributed by atoms with Crippen molar-refractivity contribution in [3.63, 3.8) is 0 Å². The van der Waals surface area contributed by atoms with Gasteiger partial charge in [-0.1, -0.05) is 6.07 Å². The summed E-state index contributed by atoms with van der Waals surface area (Å²) >= 11 is 0. The Kier molecular flexibility index (Phi) is 8.59. The molecule has 2 aromatic carbocycles. The number of carbonyl (C=O) groups excluding carboxylic acids is 2. The largest absolute Gasteiger partial charge is 0.416 e. The van der Waals surface area contributed by atoms with Crippen LogP contribution in [0, 0.1) is 18.7 Å². The van der Waals surface area contributed by atoms with Crippen molar-refractivity contribution in [1.82, 2.24) is 10.3 Å². The van der Waals surface area contributed by atoms with Gasteiger partial charge in [0.1, 0.15) is 5.82 Å². The molecule has 2 amide bonds. The zero-order chi connectivity index (χ0) is 32.9. The van der Waals surface area contributed by atoms with E-state index in [2.05, 4.69) is 10.3 Å². The van der Waals surface area contributed by atoms with Crippen LogP contribution in [-0.2, 0) is 27.4 Å². The van der Waals surface area contributed by atoms with Gasteiger partial charge in [-0.25, -0.2) is 4.39 Å². The van der Waals surface area contributed by atoms with Gasteiger partial charge in [-0.05, 0) is 80.8 Å². The number of benzene rings is 2. The molecule has 0 spiro atoms. The molecule has 0 bridgehead atoms. The fourth-order valence-electron chi connectivity index (χ4n) is 5.62. The third-order valence-corrected chi connectivity index (χ3v) is 8.11. The third-order valence-electron chi connectivity index (χ3n) is 8.11. The molecule has 3 unspecified atom stereocenters. The van der Waals surface area contributed by atoms with E-state index in [0.29, 0.717) is 34.5 Å². The molecule has 44 heavy (non-hydrogen) atoms. The van der Waals surface area contributed by atoms with Gasteiger partial charge in [0.05, 0.1) is 41.0 Å². The molecule has 13 heteroatoms. The van der Waals surface area contributed by atoms with Crippen molar-refractivity contribution in [2.45, 2.75) is 57.4 Å². The number of anilines is 1. The van der Waals surface area contributed by atoms with Crippen LogP contribution in [0.15, 0.2) is 48.7 Å². The van der Waals surface area contributed by atoms with E-state index < -0.39 is 70.7 Å². The summed E-state index contributed by atoms with van der Waals surface area (Å²) in [5, 5.41) is 12.6. The Hall–Kier alpha value is -4.00. The van der Waals surface area contributed by atoms with E-state index in [1.807, 2.05) is 0 Å². The molecule has 6 nitrogen and oxygen atoms in total. The lowest BCUT2D eigenvalue weighted by Crippen LogP contribution is -2.42. The Morgan fingerprint density at radius 2 is 1.52 bits per heavy atom. The van der Waals surface area contributed by atoms with Gasteiger partial charge >= 0.3 is 12.4 Å². The highest BCUT2D eigenvalue weighted by molar-refractivity contribution is 6.03. The first-order chi connectivity index (χ1) is 20.3. The monoisotopic (exact) mass is 625 g/mol. The highest BCUT2D eigenvalue weighted by Gasteiger charge is 2.43. The molecule has 3 atom stereocenters. The minimum atomic E-state index is -5.10. The minimum Gasteiger partial charge on any atom is -0.396 e. The molecule has 1 aromatic heterocycles. The molecule has 0 aliphatic carbocycles. The maximum absolute atomic E-state index is 14.0. The van der Waals surface area contributed by atoms with Gasteiger partial charge < -0.3 is 15.3 Å². The standard InChI is InChI=1S/C31H30F7N3O3/c1-15-8-20(32)6-7-21(15)22-12-24(26-16(2)40-27(43)23(26)14-42)39-13-25(22)41(5)28(44)29(3,4)17-9-18(30(33,34)35)11-19(10-17)31(36,37)38/h6-13,16,23,26,42H,14H2,1-5H3,(H,40,43). The molecular formula is C31H30F7N3O3. The van der Waals surface area contributed by atoms with Gasteiger partial charge in [-0.2, -0.15) is 26.3 Å². The molecule has 3 aromatic rings. The van der Waals surface area contributed by atoms with E-state index in [9.17, 15) is 45.4 Å². The van der Waals surface area contributed by atoms with Crippen molar-refractivity contribution in [2.75, 3.05) is 18.6 Å². The second-order valence-electron chi connectivity index (χ2n) is 11.5. The molecule has 4 rings (SSSR count). The first kappa shape index (κ1) is 32.9. The van der Waals surface area contributed by atoms with E-state index in [1.165, 1.54) is 45.3 Å². The number of pyridine rings is 1. The summed E-state index contributed by atoms with van der Waals surface area (Å²) in [6.45, 7) is 5.33. The number of nitrogens with one attached hydrogen (secondary N) is 1. The number of rotatable bonds is 6. The molecule has 1 aliphatic rings. The van der Waals surface area contributed by atoms with Crippen molar-refractivity contribution in [1.29, 1.82) is 0 Å². The van der Waals surface area contributed by atoms with E-state index in [4.69, 9.17) is 0 Å². The molecular weight excluding hydrogens is 595 g/mol. The second kappa shape index (κ2) is 11.5. The number of aryl methyl sites for hydroxylation is 1. The highest BCUT2D eigenvalue weighted by atomic mass is 19.4. The minimum absolute atomic E-state index is 0.00487. The number of aliphatic hydroxyl groups excluding tert-OH is 1. The van der Waals surface area contributed by atoms with Gasteiger partial charge in [0.25, 0.3) is 0 Å². The first-order valence-corrected chi connectivity index (χ1v) is 13.5. The number of aliphatic hydroxyl groups is 1. The fraction of sp³-hybridized carbons (Fsp3) is 0.387. The van der Waals surface area contributed by atoms with Crippen molar-refractivity contribution in [3.8, 4) is 11.1 Å². The molecule has 0 saturated carbocycles. The number of aromatic nitrogens is 1. The van der Waals surface area contributed by atoms with Crippen LogP contribution >= 0.6 is 0 Å². The number of amides is 2. The quantitative estimate of drug-likeness (QED) is 0.312. The lowest BCUT2D eigenvalue weighted by molar-refractivity contribution is -0.143. The zero-order valence-electron chi connectivity index (χ0n) is 24.4. The summed E-state index contributed by atoms with van der Waals surface area (Å²) in [7, 11) is 1.31. The predicted octanol–water partition coefficient (Wildman–Crippen LogP) is 6.38. The van der Waals surface area contributed by atoms with Crippen molar-refractivity contribution in [2.24, 2.45) is 5.92 Å². The van der Waals surface area contributed by atoms with E-state index >= 15 is 0 Å². The molecule has 2 N–H and O–H groups in total. The Bertz CT molecular complexity index is 1570. The van der Waals surface area contributed by atoms with E-state index in [0.717, 1.165) is 4.90 Å². The normalized spacial score (nSPS) is 19.2. The van der Waals surface area contributed by atoms with Crippen molar-refractivity contribution >= 4 is 17.5 Å². The average molecular weight is 626 g/mol. The Labute approximate surface area is 248 Å². The summed E-state index contributed by atoms with van der Waals surface area (Å²) in [6, 6.07) is 6.12. The van der Waals surface area contributed by atoms with Crippen LogP contribution in [0.2, 0.25) is 0 Å². The summed E-state index contributed by atoms with van der Waals surface area (Å²) in [5.74, 6) is -3.13. The summed E-state index contributed by atoms with van der Waals surface area (Å²) in [6.07, 6.45) is -8.90. The van der Waals surface area contributed by atoms with Crippen LogP contribution in [0.5, 0.6) is 0 Å². The molecule has 236 valence electrons. The van der Waals surface area contributed by atoms with E-state index in [1.54, 1.807) is 19.9 Å². The van der Waals surface area contributed by atoms with Crippen LogP contribution in [0.4, 0.5) is 36.4 Å². The molecule has 0 radical (unpaired) electrons. The van der Waals surface area contributed by atoms with Crippen LogP contribution in [0.3, 0.4) is 0 Å². The van der Waals surface area contributed by atoms with E-state index in [-0.39, 0.29) is 17.7 Å². The maximum Gasteiger partial charge on any atom is 0.416 e. The molecule has 1 saturated heterocycles. The number of halogens is 7. The van der Waals surface area contributed by atoms with Crippen LogP contribution in [0.1, 0.15) is 54.6 Å². The number of nitrogens with zero attached hydrogens (tertiary/aromatic N) is 2. The topological polar surface area (TPSA) is 82.5 Å². The van der Waals surface area contributed by atoms with Gasteiger partial charge in [-0.15, -0.1) is 0 Å². The average Bonchev–Trinajstić information content (AvgIpc) is 3.23. The second-order valence-corrected chi connectivity index (χ2v) is 11.5. The SMILES string of the molecule is Cc1cc(F)ccc1-c1cc(C2C(C)NC(=O)C2CO)ncc1N(C)C(=O)C(C)(C)c1cc(C(F)(F)F)cc(C(F)(F)F)c1. The predicted molar refractivity (Wildman–Crippen MR) is 148 cm³/mol. The lowest BCUT2D eigenvalue weighted by Gasteiger charge is -2.32. The molecule has 1 aliphatic heterocycles. The van der Waals surface area contributed by atoms with Gasteiger partial charge in [0.15, 0.2) is 0 Å². The summed E-state index contributed by atoms with van der Waals surface area (Å²) in [4.78, 5) is 31.9. The van der Waals surface area contributed by atoms with Gasteiger partial charge in [0.2, 0.25) is 11.8 Å². The zero-order valence-corrected chi connectivity index (χ0v) is 24.4. The molecule has 1 fully saturated rings. The Morgan fingerprint density at radius 3 is 2.05 bits per heavy atom. The third kappa shape index (κ3) is 6.15. The summed E-state index contributed by atoms with van der Waals surface area (Å²) in [5.41, 5.74) is -3.70. The fourth-order valence-corrected chi connectivity index (χ4v) is 5.62.